The van der Waals surface area contributed by atoms with Crippen molar-refractivity contribution in [1.82, 2.24) is 15.0 Å². The van der Waals surface area contributed by atoms with E-state index in [9.17, 15) is 0 Å². The van der Waals surface area contributed by atoms with Crippen molar-refractivity contribution in [3.8, 4) is 0 Å². The number of benzene rings is 1. The number of fused-ring (bicyclic) bond motifs is 1. The fourth-order valence-electron chi connectivity index (χ4n) is 2.55. The molecular formula is C15H18N4S. The van der Waals surface area contributed by atoms with Gasteiger partial charge < -0.3 is 4.57 Å². The van der Waals surface area contributed by atoms with Gasteiger partial charge in [-0.05, 0) is 30.5 Å². The van der Waals surface area contributed by atoms with Crippen molar-refractivity contribution in [1.29, 1.82) is 0 Å². The predicted molar refractivity (Wildman–Crippen MR) is 83.5 cm³/mol. The van der Waals surface area contributed by atoms with E-state index in [4.69, 9.17) is 10.8 Å². The van der Waals surface area contributed by atoms with Gasteiger partial charge in [0, 0.05) is 17.8 Å². The minimum Gasteiger partial charge on any atom is -0.328 e. The van der Waals surface area contributed by atoms with Gasteiger partial charge in [-0.2, -0.15) is 0 Å². The van der Waals surface area contributed by atoms with Crippen LogP contribution in [0.15, 0.2) is 41.8 Å². The molecule has 0 amide bonds. The van der Waals surface area contributed by atoms with Gasteiger partial charge in [-0.1, -0.05) is 18.2 Å². The Morgan fingerprint density at radius 2 is 2.15 bits per heavy atom. The Hall–Kier alpha value is -1.69. The van der Waals surface area contributed by atoms with Gasteiger partial charge in [0.25, 0.3) is 0 Å². The molecule has 0 saturated carbocycles. The van der Waals surface area contributed by atoms with Crippen molar-refractivity contribution in [2.24, 2.45) is 5.84 Å². The monoisotopic (exact) mass is 286 g/mol. The number of nitrogens with one attached hydrogen (secondary N) is 1. The summed E-state index contributed by atoms with van der Waals surface area (Å²) in [4.78, 5) is 5.99. The zero-order valence-corrected chi connectivity index (χ0v) is 12.2. The van der Waals surface area contributed by atoms with Crippen LogP contribution in [0, 0.1) is 0 Å². The molecule has 0 radical (unpaired) electrons. The minimum absolute atomic E-state index is 0.108. The summed E-state index contributed by atoms with van der Waals surface area (Å²) >= 11 is 1.72. The Kier molecular flexibility index (Phi) is 3.82. The summed E-state index contributed by atoms with van der Waals surface area (Å²) < 4.78 is 2.26. The van der Waals surface area contributed by atoms with Gasteiger partial charge in [0.05, 0.1) is 17.1 Å². The second-order valence-corrected chi connectivity index (χ2v) is 5.68. The zero-order chi connectivity index (χ0) is 13.9. The Labute approximate surface area is 122 Å². The van der Waals surface area contributed by atoms with Gasteiger partial charge >= 0.3 is 0 Å². The van der Waals surface area contributed by atoms with Crippen LogP contribution in [-0.2, 0) is 13.0 Å². The van der Waals surface area contributed by atoms with E-state index in [1.807, 2.05) is 12.1 Å². The molecule has 0 aliphatic rings. The second kappa shape index (κ2) is 5.75. The van der Waals surface area contributed by atoms with Crippen LogP contribution in [0.25, 0.3) is 11.0 Å². The lowest BCUT2D eigenvalue weighted by atomic mass is 10.1. The van der Waals surface area contributed by atoms with Gasteiger partial charge in [-0.3, -0.25) is 11.3 Å². The van der Waals surface area contributed by atoms with Crippen molar-refractivity contribution in [3.05, 3.63) is 52.5 Å². The highest BCUT2D eigenvalue weighted by Crippen LogP contribution is 2.24. The normalized spacial score (nSPS) is 12.9. The molecule has 1 atom stereocenters. The molecule has 1 aromatic carbocycles. The fourth-order valence-corrected chi connectivity index (χ4v) is 3.33. The lowest BCUT2D eigenvalue weighted by Gasteiger charge is -2.14. The van der Waals surface area contributed by atoms with E-state index in [1.165, 1.54) is 10.4 Å². The van der Waals surface area contributed by atoms with Crippen molar-refractivity contribution in [2.45, 2.75) is 25.9 Å². The third-order valence-electron chi connectivity index (χ3n) is 3.52. The number of aromatic nitrogens is 2. The van der Waals surface area contributed by atoms with Crippen LogP contribution in [0.5, 0.6) is 0 Å². The number of imidazole rings is 1. The summed E-state index contributed by atoms with van der Waals surface area (Å²) in [6.07, 6.45) is 0.791. The first-order chi connectivity index (χ1) is 9.83. The molecule has 0 bridgehead atoms. The molecule has 3 aromatic rings. The average Bonchev–Trinajstić information content (AvgIpc) is 3.11. The summed E-state index contributed by atoms with van der Waals surface area (Å²) in [5.74, 6) is 6.79. The smallest absolute Gasteiger partial charge is 0.111 e. The molecule has 0 aliphatic carbocycles. The molecule has 4 nitrogen and oxygen atoms in total. The van der Waals surface area contributed by atoms with E-state index < -0.39 is 0 Å². The second-order valence-electron chi connectivity index (χ2n) is 4.70. The van der Waals surface area contributed by atoms with Crippen molar-refractivity contribution < 1.29 is 0 Å². The van der Waals surface area contributed by atoms with E-state index in [0.717, 1.165) is 24.3 Å². The van der Waals surface area contributed by atoms with Crippen LogP contribution < -0.4 is 11.3 Å². The first kappa shape index (κ1) is 13.3. The van der Waals surface area contributed by atoms with Gasteiger partial charge in [0.1, 0.15) is 5.82 Å². The molecule has 104 valence electrons. The zero-order valence-electron chi connectivity index (χ0n) is 11.4. The molecule has 0 saturated heterocycles. The molecule has 0 fully saturated rings. The number of thiophene rings is 1. The summed E-state index contributed by atoms with van der Waals surface area (Å²) in [5.41, 5.74) is 5.14. The van der Waals surface area contributed by atoms with E-state index >= 15 is 0 Å². The average molecular weight is 286 g/mol. The van der Waals surface area contributed by atoms with E-state index in [-0.39, 0.29) is 6.04 Å². The Morgan fingerprint density at radius 3 is 2.85 bits per heavy atom. The van der Waals surface area contributed by atoms with Crippen molar-refractivity contribution in [3.63, 3.8) is 0 Å². The lowest BCUT2D eigenvalue weighted by molar-refractivity contribution is 0.533. The quantitative estimate of drug-likeness (QED) is 0.560. The number of rotatable bonds is 5. The van der Waals surface area contributed by atoms with Crippen LogP contribution in [0.4, 0.5) is 0 Å². The third-order valence-corrected chi connectivity index (χ3v) is 4.51. The minimum atomic E-state index is 0.108. The van der Waals surface area contributed by atoms with E-state index in [1.54, 1.807) is 11.3 Å². The third kappa shape index (κ3) is 2.35. The van der Waals surface area contributed by atoms with Gasteiger partial charge in [0.15, 0.2) is 0 Å². The van der Waals surface area contributed by atoms with Crippen molar-refractivity contribution in [2.75, 3.05) is 0 Å². The van der Waals surface area contributed by atoms with Gasteiger partial charge in [-0.15, -0.1) is 11.3 Å². The number of hydrogen-bond donors (Lipinski definition) is 2. The molecule has 1 unspecified atom stereocenters. The van der Waals surface area contributed by atoms with Gasteiger partial charge in [-0.25, -0.2) is 4.98 Å². The molecule has 20 heavy (non-hydrogen) atoms. The first-order valence-corrected chi connectivity index (χ1v) is 7.65. The number of aryl methyl sites for hydroxylation is 1. The van der Waals surface area contributed by atoms with Crippen LogP contribution in [0.2, 0.25) is 0 Å². The SMILES string of the molecule is CCn1c(CC(NN)c2cccs2)nc2ccccc21. The van der Waals surface area contributed by atoms with Crippen LogP contribution in [0.3, 0.4) is 0 Å². The molecule has 3 N–H and O–H groups in total. The number of nitrogens with two attached hydrogens (primary N) is 1. The Balaban J connectivity index is 1.97. The summed E-state index contributed by atoms with van der Waals surface area (Å²) in [5, 5.41) is 2.07. The largest absolute Gasteiger partial charge is 0.328 e. The molecule has 5 heteroatoms. The molecule has 3 rings (SSSR count). The maximum Gasteiger partial charge on any atom is 0.111 e. The van der Waals surface area contributed by atoms with Crippen LogP contribution >= 0.6 is 11.3 Å². The maximum atomic E-state index is 5.72. The van der Waals surface area contributed by atoms with Crippen LogP contribution in [0.1, 0.15) is 23.7 Å². The van der Waals surface area contributed by atoms with Crippen LogP contribution in [-0.4, -0.2) is 9.55 Å². The maximum absolute atomic E-state index is 5.72. The summed E-state index contributed by atoms with van der Waals surface area (Å²) in [7, 11) is 0. The molecule has 0 aliphatic heterocycles. The lowest BCUT2D eigenvalue weighted by Crippen LogP contribution is -2.29. The molecule has 0 spiro atoms. The number of nitrogens with zero attached hydrogens (tertiary/aromatic N) is 2. The Bertz CT molecular complexity index is 687. The standard InChI is InChI=1S/C15H18N4S/c1-2-19-13-7-4-3-6-11(13)17-15(19)10-12(18-16)14-8-5-9-20-14/h3-9,12,18H,2,10,16H2,1H3. The van der Waals surface area contributed by atoms with Crippen molar-refractivity contribution >= 4 is 22.4 Å². The summed E-state index contributed by atoms with van der Waals surface area (Å²) in [6, 6.07) is 12.5. The number of hydrogen-bond acceptors (Lipinski definition) is 4. The van der Waals surface area contributed by atoms with E-state index in [0.29, 0.717) is 0 Å². The first-order valence-electron chi connectivity index (χ1n) is 6.77. The predicted octanol–water partition coefficient (Wildman–Crippen LogP) is 2.86. The highest BCUT2D eigenvalue weighted by Gasteiger charge is 2.16. The number of para-hydroxylation sites is 2. The fraction of sp³-hybridized carbons (Fsp3) is 0.267. The van der Waals surface area contributed by atoms with Gasteiger partial charge in [0.2, 0.25) is 0 Å². The molecule has 2 aromatic heterocycles. The topological polar surface area (TPSA) is 55.9 Å². The molecule has 2 heterocycles. The molecular weight excluding hydrogens is 268 g/mol. The highest BCUT2D eigenvalue weighted by molar-refractivity contribution is 7.10. The highest BCUT2D eigenvalue weighted by atomic mass is 32.1. The summed E-state index contributed by atoms with van der Waals surface area (Å²) in [6.45, 7) is 3.06. The Morgan fingerprint density at radius 1 is 1.30 bits per heavy atom. The number of hydrazine groups is 1. The van der Waals surface area contributed by atoms with E-state index in [2.05, 4.69) is 46.6 Å².